The Hall–Kier alpha value is -4.52. The van der Waals surface area contributed by atoms with Crippen LogP contribution in [0.1, 0.15) is 38.9 Å². The van der Waals surface area contributed by atoms with Gasteiger partial charge in [-0.05, 0) is 72.9 Å². The van der Waals surface area contributed by atoms with Crippen LogP contribution in [-0.2, 0) is 11.2 Å². The maximum Gasteiger partial charge on any atom is 0.336 e. The number of benzene rings is 3. The van der Waals surface area contributed by atoms with Gasteiger partial charge in [0.05, 0.1) is 17.1 Å². The maximum absolute atomic E-state index is 13.0. The van der Waals surface area contributed by atoms with Crippen molar-refractivity contribution in [3.8, 4) is 16.9 Å². The highest BCUT2D eigenvalue weighted by atomic mass is 16.4. The van der Waals surface area contributed by atoms with E-state index in [1.165, 1.54) is 25.1 Å². The molecule has 0 spiro atoms. The highest BCUT2D eigenvalue weighted by Gasteiger charge is 2.22. The van der Waals surface area contributed by atoms with E-state index in [9.17, 15) is 24.6 Å². The molecule has 7 nitrogen and oxygen atoms in total. The van der Waals surface area contributed by atoms with Gasteiger partial charge in [-0.1, -0.05) is 42.5 Å². The van der Waals surface area contributed by atoms with Crippen molar-refractivity contribution >= 4 is 28.6 Å². The minimum absolute atomic E-state index is 0.0477. The molecule has 0 aliphatic rings. The lowest BCUT2D eigenvalue weighted by molar-refractivity contribution is -0.118. The van der Waals surface area contributed by atoms with Crippen molar-refractivity contribution in [2.75, 3.05) is 0 Å². The summed E-state index contributed by atoms with van der Waals surface area (Å²) in [6, 6.07) is 19.8. The Bertz CT molecular complexity index is 1440. The van der Waals surface area contributed by atoms with E-state index in [1.807, 2.05) is 37.3 Å². The summed E-state index contributed by atoms with van der Waals surface area (Å²) >= 11 is 0. The first-order chi connectivity index (χ1) is 16.7. The van der Waals surface area contributed by atoms with Crippen LogP contribution < -0.4 is 5.32 Å². The number of amides is 1. The van der Waals surface area contributed by atoms with Gasteiger partial charge >= 0.3 is 5.97 Å². The van der Waals surface area contributed by atoms with Crippen LogP contribution in [0.3, 0.4) is 0 Å². The molecule has 1 amide bonds. The fraction of sp³-hybridized carbons (Fsp3) is 0.143. The lowest BCUT2D eigenvalue weighted by atomic mass is 9.97. The SMILES string of the molecule is CC(=O)C(Cc1ccc(O)cc1)NC(=O)c1cc(C(=O)O)c2cc(-c3ccccc3C)ccc2n1. The first-order valence-electron chi connectivity index (χ1n) is 11.1. The molecule has 0 aliphatic carbocycles. The third-order valence-electron chi connectivity index (χ3n) is 5.90. The average Bonchev–Trinajstić information content (AvgIpc) is 2.84. The van der Waals surface area contributed by atoms with E-state index in [0.29, 0.717) is 10.9 Å². The van der Waals surface area contributed by atoms with Crippen molar-refractivity contribution < 1.29 is 24.6 Å². The number of rotatable bonds is 7. The van der Waals surface area contributed by atoms with Gasteiger partial charge in [-0.3, -0.25) is 9.59 Å². The van der Waals surface area contributed by atoms with Crippen molar-refractivity contribution in [2.45, 2.75) is 26.3 Å². The zero-order chi connectivity index (χ0) is 25.1. The third-order valence-corrected chi connectivity index (χ3v) is 5.90. The molecular formula is C28H24N2O5. The molecule has 0 saturated carbocycles. The molecule has 3 aromatic carbocycles. The second kappa shape index (κ2) is 9.77. The Morgan fingerprint density at radius 3 is 2.34 bits per heavy atom. The van der Waals surface area contributed by atoms with E-state index >= 15 is 0 Å². The Kier molecular flexibility index (Phi) is 6.59. The van der Waals surface area contributed by atoms with Gasteiger partial charge in [0, 0.05) is 5.39 Å². The first kappa shape index (κ1) is 23.6. The van der Waals surface area contributed by atoms with E-state index in [-0.39, 0.29) is 29.2 Å². The number of ketones is 1. The van der Waals surface area contributed by atoms with Crippen LogP contribution in [-0.4, -0.2) is 38.9 Å². The number of aromatic hydroxyl groups is 1. The first-order valence-corrected chi connectivity index (χ1v) is 11.1. The molecule has 35 heavy (non-hydrogen) atoms. The molecule has 4 rings (SSSR count). The van der Waals surface area contributed by atoms with Crippen molar-refractivity contribution in [1.82, 2.24) is 10.3 Å². The van der Waals surface area contributed by atoms with Crippen LogP contribution in [0, 0.1) is 6.92 Å². The van der Waals surface area contributed by atoms with Gasteiger partial charge in [0.1, 0.15) is 11.4 Å². The van der Waals surface area contributed by atoms with E-state index in [2.05, 4.69) is 10.3 Å². The van der Waals surface area contributed by atoms with Crippen LogP contribution in [0.4, 0.5) is 0 Å². The predicted octanol–water partition coefficient (Wildman–Crippen LogP) is 4.54. The van der Waals surface area contributed by atoms with Crippen molar-refractivity contribution in [2.24, 2.45) is 0 Å². The highest BCUT2D eigenvalue weighted by molar-refractivity contribution is 6.07. The van der Waals surface area contributed by atoms with Crippen LogP contribution in [0.15, 0.2) is 72.8 Å². The Morgan fingerprint density at radius 2 is 1.69 bits per heavy atom. The van der Waals surface area contributed by atoms with Crippen LogP contribution in [0.5, 0.6) is 5.75 Å². The fourth-order valence-electron chi connectivity index (χ4n) is 3.98. The topological polar surface area (TPSA) is 117 Å². The molecule has 0 bridgehead atoms. The molecule has 0 radical (unpaired) electrons. The number of phenolic OH excluding ortho intramolecular Hbond substituents is 1. The molecule has 0 saturated heterocycles. The highest BCUT2D eigenvalue weighted by Crippen LogP contribution is 2.28. The number of carboxylic acids is 1. The lowest BCUT2D eigenvalue weighted by Crippen LogP contribution is -2.41. The number of pyridine rings is 1. The number of aryl methyl sites for hydroxylation is 1. The van der Waals surface area contributed by atoms with Gasteiger partial charge in [-0.2, -0.15) is 0 Å². The number of Topliss-reactive ketones (excluding diaryl/α,β-unsaturated/α-hetero) is 1. The van der Waals surface area contributed by atoms with Crippen molar-refractivity contribution in [3.05, 3.63) is 95.2 Å². The standard InChI is InChI=1S/C28H24N2O5/c1-16-5-3-4-6-21(16)19-9-12-24-22(14-19)23(28(34)35)15-26(29-24)27(33)30-25(17(2)31)13-18-7-10-20(32)11-8-18/h3-12,14-15,25,32H,13H2,1-2H3,(H,30,33)(H,34,35). The summed E-state index contributed by atoms with van der Waals surface area (Å²) in [5, 5.41) is 22.4. The van der Waals surface area contributed by atoms with Crippen LogP contribution in [0.25, 0.3) is 22.0 Å². The van der Waals surface area contributed by atoms with E-state index in [4.69, 9.17) is 0 Å². The molecule has 1 heterocycles. The Balaban J connectivity index is 1.67. The smallest absolute Gasteiger partial charge is 0.336 e. The number of carbonyl (C=O) groups is 3. The van der Waals surface area contributed by atoms with Gasteiger partial charge in [0.2, 0.25) is 0 Å². The summed E-state index contributed by atoms with van der Waals surface area (Å²) in [5.41, 5.74) is 3.87. The third kappa shape index (κ3) is 5.19. The molecule has 7 heteroatoms. The molecule has 1 aromatic heterocycles. The molecule has 0 aliphatic heterocycles. The second-order valence-corrected chi connectivity index (χ2v) is 8.41. The van der Waals surface area contributed by atoms with E-state index < -0.39 is 17.9 Å². The molecule has 4 aromatic rings. The number of aromatic carboxylic acids is 1. The van der Waals surface area contributed by atoms with E-state index in [1.54, 1.807) is 24.3 Å². The van der Waals surface area contributed by atoms with Crippen LogP contribution in [0.2, 0.25) is 0 Å². The van der Waals surface area contributed by atoms with Gasteiger partial charge in [-0.15, -0.1) is 0 Å². The predicted molar refractivity (Wildman–Crippen MR) is 133 cm³/mol. The number of nitrogens with one attached hydrogen (secondary N) is 1. The number of carboxylic acid groups (broad SMARTS) is 1. The van der Waals surface area contributed by atoms with Gasteiger partial charge in [0.25, 0.3) is 5.91 Å². The normalized spacial score (nSPS) is 11.7. The molecule has 0 fully saturated rings. The van der Waals surface area contributed by atoms with Gasteiger partial charge in [0.15, 0.2) is 5.78 Å². The maximum atomic E-state index is 13.0. The molecule has 1 unspecified atom stereocenters. The summed E-state index contributed by atoms with van der Waals surface area (Å²) in [7, 11) is 0. The summed E-state index contributed by atoms with van der Waals surface area (Å²) < 4.78 is 0. The number of aromatic nitrogens is 1. The molecular weight excluding hydrogens is 444 g/mol. The van der Waals surface area contributed by atoms with Crippen molar-refractivity contribution in [1.29, 1.82) is 0 Å². The van der Waals surface area contributed by atoms with E-state index in [0.717, 1.165) is 22.3 Å². The summed E-state index contributed by atoms with van der Waals surface area (Å²) in [6.07, 6.45) is 0.223. The lowest BCUT2D eigenvalue weighted by Gasteiger charge is -2.16. The summed E-state index contributed by atoms with van der Waals surface area (Å²) in [6.45, 7) is 3.35. The number of hydrogen-bond donors (Lipinski definition) is 3. The number of hydrogen-bond acceptors (Lipinski definition) is 5. The minimum Gasteiger partial charge on any atom is -0.508 e. The molecule has 1 atom stereocenters. The zero-order valence-electron chi connectivity index (χ0n) is 19.3. The molecule has 3 N–H and O–H groups in total. The quantitative estimate of drug-likeness (QED) is 0.367. The largest absolute Gasteiger partial charge is 0.508 e. The summed E-state index contributed by atoms with van der Waals surface area (Å²) in [5.74, 6) is -1.98. The van der Waals surface area contributed by atoms with Gasteiger partial charge in [-0.25, -0.2) is 9.78 Å². The minimum atomic E-state index is -1.18. The number of fused-ring (bicyclic) bond motifs is 1. The summed E-state index contributed by atoms with van der Waals surface area (Å²) in [4.78, 5) is 41.6. The van der Waals surface area contributed by atoms with Crippen LogP contribution >= 0.6 is 0 Å². The zero-order valence-corrected chi connectivity index (χ0v) is 19.3. The Labute approximate surface area is 202 Å². The fourth-order valence-corrected chi connectivity index (χ4v) is 3.98. The Morgan fingerprint density at radius 1 is 0.971 bits per heavy atom. The molecule has 176 valence electrons. The number of carbonyl (C=O) groups excluding carboxylic acids is 2. The second-order valence-electron chi connectivity index (χ2n) is 8.41. The van der Waals surface area contributed by atoms with Crippen molar-refractivity contribution in [3.63, 3.8) is 0 Å². The monoisotopic (exact) mass is 468 g/mol. The number of nitrogens with zero attached hydrogens (tertiary/aromatic N) is 1. The average molecular weight is 469 g/mol. The van der Waals surface area contributed by atoms with Gasteiger partial charge < -0.3 is 15.5 Å². The number of phenols is 1.